The fraction of sp³-hybridized carbons (Fsp3) is 0.278. The van der Waals surface area contributed by atoms with Crippen LogP contribution in [0.1, 0.15) is 29.3 Å². The van der Waals surface area contributed by atoms with Crippen molar-refractivity contribution in [2.75, 3.05) is 13.2 Å². The number of ether oxygens (including phenoxy) is 1. The number of benzene rings is 2. The van der Waals surface area contributed by atoms with Crippen molar-refractivity contribution in [3.63, 3.8) is 0 Å². The summed E-state index contributed by atoms with van der Waals surface area (Å²) >= 11 is 0. The molecule has 0 fully saturated rings. The highest BCUT2D eigenvalue weighted by Crippen LogP contribution is 2.12. The number of nitrogens with one attached hydrogen (secondary N) is 1. The van der Waals surface area contributed by atoms with Crippen molar-refractivity contribution >= 4 is 5.91 Å². The van der Waals surface area contributed by atoms with E-state index in [1.807, 2.05) is 37.3 Å². The van der Waals surface area contributed by atoms with E-state index in [0.717, 1.165) is 18.6 Å². The van der Waals surface area contributed by atoms with Gasteiger partial charge in [-0.2, -0.15) is 0 Å². The molecule has 0 spiro atoms. The highest BCUT2D eigenvalue weighted by Gasteiger charge is 2.04. The average Bonchev–Trinajstić information content (AvgIpc) is 2.53. The van der Waals surface area contributed by atoms with Crippen molar-refractivity contribution < 1.29 is 9.53 Å². The van der Waals surface area contributed by atoms with Crippen LogP contribution in [0.5, 0.6) is 5.75 Å². The zero-order valence-electron chi connectivity index (χ0n) is 12.3. The number of hydrogen-bond donors (Lipinski definition) is 1. The van der Waals surface area contributed by atoms with Crippen LogP contribution in [0.3, 0.4) is 0 Å². The second-order valence-electron chi connectivity index (χ2n) is 4.80. The first-order valence-electron chi connectivity index (χ1n) is 7.34. The quantitative estimate of drug-likeness (QED) is 0.790. The first kappa shape index (κ1) is 15.1. The SMILES string of the molecule is CCOc1ccc(C(=O)NCCCc2ccccc2)cc1. The molecule has 0 unspecified atom stereocenters. The van der Waals surface area contributed by atoms with Crippen molar-refractivity contribution in [3.05, 3.63) is 65.7 Å². The molecule has 21 heavy (non-hydrogen) atoms. The van der Waals surface area contributed by atoms with Crippen LogP contribution in [-0.2, 0) is 6.42 Å². The van der Waals surface area contributed by atoms with Gasteiger partial charge >= 0.3 is 0 Å². The second-order valence-corrected chi connectivity index (χ2v) is 4.80. The van der Waals surface area contributed by atoms with E-state index in [1.54, 1.807) is 12.1 Å². The molecule has 0 radical (unpaired) electrons. The van der Waals surface area contributed by atoms with Crippen molar-refractivity contribution in [1.29, 1.82) is 0 Å². The lowest BCUT2D eigenvalue weighted by Gasteiger charge is -2.07. The Hall–Kier alpha value is -2.29. The molecule has 1 N–H and O–H groups in total. The van der Waals surface area contributed by atoms with Crippen LogP contribution < -0.4 is 10.1 Å². The van der Waals surface area contributed by atoms with Crippen molar-refractivity contribution in [2.45, 2.75) is 19.8 Å². The average molecular weight is 283 g/mol. The smallest absolute Gasteiger partial charge is 0.251 e. The van der Waals surface area contributed by atoms with Crippen LogP contribution >= 0.6 is 0 Å². The van der Waals surface area contributed by atoms with Crippen LogP contribution in [0.25, 0.3) is 0 Å². The molecule has 2 rings (SSSR count). The molecule has 0 aliphatic carbocycles. The van der Waals surface area contributed by atoms with Crippen LogP contribution in [0.4, 0.5) is 0 Å². The maximum absolute atomic E-state index is 12.0. The molecule has 0 aliphatic heterocycles. The molecular weight excluding hydrogens is 262 g/mol. The maximum Gasteiger partial charge on any atom is 0.251 e. The van der Waals surface area contributed by atoms with Gasteiger partial charge in [-0.25, -0.2) is 0 Å². The minimum Gasteiger partial charge on any atom is -0.494 e. The zero-order valence-corrected chi connectivity index (χ0v) is 12.3. The van der Waals surface area contributed by atoms with E-state index < -0.39 is 0 Å². The van der Waals surface area contributed by atoms with Crippen molar-refractivity contribution in [1.82, 2.24) is 5.32 Å². The Morgan fingerprint density at radius 2 is 1.76 bits per heavy atom. The standard InChI is InChI=1S/C18H21NO2/c1-2-21-17-12-10-16(11-13-17)18(20)19-14-6-9-15-7-4-3-5-8-15/h3-5,7-8,10-13H,2,6,9,14H2,1H3,(H,19,20). The van der Waals surface area contributed by atoms with Crippen LogP contribution in [-0.4, -0.2) is 19.1 Å². The number of amides is 1. The van der Waals surface area contributed by atoms with Crippen molar-refractivity contribution in [2.24, 2.45) is 0 Å². The second kappa shape index (κ2) is 8.10. The fourth-order valence-corrected chi connectivity index (χ4v) is 2.11. The van der Waals surface area contributed by atoms with Crippen LogP contribution in [0, 0.1) is 0 Å². The molecule has 3 heteroatoms. The molecule has 2 aromatic rings. The number of carbonyl (C=O) groups excluding carboxylic acids is 1. The molecule has 0 heterocycles. The van der Waals surface area contributed by atoms with E-state index in [1.165, 1.54) is 5.56 Å². The Labute approximate surface area is 126 Å². The van der Waals surface area contributed by atoms with E-state index in [4.69, 9.17) is 4.74 Å². The predicted octanol–water partition coefficient (Wildman–Crippen LogP) is 3.45. The van der Waals surface area contributed by atoms with E-state index in [2.05, 4.69) is 17.4 Å². The van der Waals surface area contributed by atoms with E-state index in [0.29, 0.717) is 18.7 Å². The van der Waals surface area contributed by atoms with Gasteiger partial charge in [0.1, 0.15) is 5.75 Å². The third kappa shape index (κ3) is 4.95. The summed E-state index contributed by atoms with van der Waals surface area (Å²) in [5, 5.41) is 2.94. The van der Waals surface area contributed by atoms with E-state index in [9.17, 15) is 4.79 Å². The van der Waals surface area contributed by atoms with E-state index in [-0.39, 0.29) is 5.91 Å². The van der Waals surface area contributed by atoms with Gasteiger partial charge < -0.3 is 10.1 Å². The summed E-state index contributed by atoms with van der Waals surface area (Å²) in [7, 11) is 0. The molecule has 1 amide bonds. The lowest BCUT2D eigenvalue weighted by molar-refractivity contribution is 0.0953. The largest absolute Gasteiger partial charge is 0.494 e. The lowest BCUT2D eigenvalue weighted by atomic mass is 10.1. The lowest BCUT2D eigenvalue weighted by Crippen LogP contribution is -2.24. The molecule has 110 valence electrons. The third-order valence-electron chi connectivity index (χ3n) is 3.20. The van der Waals surface area contributed by atoms with Gasteiger partial charge in [0.2, 0.25) is 0 Å². The zero-order chi connectivity index (χ0) is 14.9. The summed E-state index contributed by atoms with van der Waals surface area (Å²) in [4.78, 5) is 12.0. The Balaban J connectivity index is 1.74. The molecule has 0 saturated carbocycles. The maximum atomic E-state index is 12.0. The van der Waals surface area contributed by atoms with Gasteiger partial charge in [-0.3, -0.25) is 4.79 Å². The fourth-order valence-electron chi connectivity index (χ4n) is 2.11. The summed E-state index contributed by atoms with van der Waals surface area (Å²) in [6.07, 6.45) is 1.91. The minimum atomic E-state index is -0.0360. The Morgan fingerprint density at radius 1 is 1.05 bits per heavy atom. The summed E-state index contributed by atoms with van der Waals surface area (Å²) in [6.45, 7) is 3.25. The first-order chi connectivity index (χ1) is 10.3. The number of carbonyl (C=O) groups is 1. The first-order valence-corrected chi connectivity index (χ1v) is 7.34. The molecule has 0 saturated heterocycles. The molecule has 0 atom stereocenters. The van der Waals surface area contributed by atoms with Crippen LogP contribution in [0.15, 0.2) is 54.6 Å². The Morgan fingerprint density at radius 3 is 2.43 bits per heavy atom. The Kier molecular flexibility index (Phi) is 5.83. The molecule has 3 nitrogen and oxygen atoms in total. The summed E-state index contributed by atoms with van der Waals surface area (Å²) in [5.74, 6) is 0.754. The highest BCUT2D eigenvalue weighted by molar-refractivity contribution is 5.94. The third-order valence-corrected chi connectivity index (χ3v) is 3.20. The number of rotatable bonds is 7. The molecule has 0 aliphatic rings. The Bertz CT molecular complexity index is 549. The number of hydrogen-bond acceptors (Lipinski definition) is 2. The number of aryl methyl sites for hydroxylation is 1. The van der Waals surface area contributed by atoms with Gasteiger partial charge in [-0.15, -0.1) is 0 Å². The highest BCUT2D eigenvalue weighted by atomic mass is 16.5. The topological polar surface area (TPSA) is 38.3 Å². The normalized spacial score (nSPS) is 10.1. The van der Waals surface area contributed by atoms with Gasteiger partial charge in [0.15, 0.2) is 0 Å². The minimum absolute atomic E-state index is 0.0360. The van der Waals surface area contributed by atoms with Crippen molar-refractivity contribution in [3.8, 4) is 5.75 Å². The molecule has 0 aromatic heterocycles. The van der Waals surface area contributed by atoms with Gasteiger partial charge in [0, 0.05) is 12.1 Å². The molecule has 2 aromatic carbocycles. The summed E-state index contributed by atoms with van der Waals surface area (Å²) in [6, 6.07) is 17.5. The van der Waals surface area contributed by atoms with Crippen LogP contribution in [0.2, 0.25) is 0 Å². The van der Waals surface area contributed by atoms with Gasteiger partial charge in [-0.1, -0.05) is 30.3 Å². The molecule has 0 bridgehead atoms. The van der Waals surface area contributed by atoms with Gasteiger partial charge in [0.05, 0.1) is 6.61 Å². The van der Waals surface area contributed by atoms with Gasteiger partial charge in [-0.05, 0) is 49.6 Å². The monoisotopic (exact) mass is 283 g/mol. The van der Waals surface area contributed by atoms with E-state index >= 15 is 0 Å². The van der Waals surface area contributed by atoms with Gasteiger partial charge in [0.25, 0.3) is 5.91 Å². The predicted molar refractivity (Wildman–Crippen MR) is 84.7 cm³/mol. The summed E-state index contributed by atoms with van der Waals surface area (Å²) < 4.78 is 5.36. The summed E-state index contributed by atoms with van der Waals surface area (Å²) in [5.41, 5.74) is 1.96. The molecular formula is C18H21NO2.